The molecule has 48 valence electrons. The third-order valence-corrected chi connectivity index (χ3v) is 1.03. The van der Waals surface area contributed by atoms with E-state index in [1.54, 1.807) is 6.20 Å². The molecule has 0 aliphatic carbocycles. The van der Waals surface area contributed by atoms with E-state index in [4.69, 9.17) is 0 Å². The minimum absolute atomic E-state index is 0.277. The van der Waals surface area contributed by atoms with Crippen molar-refractivity contribution in [3.05, 3.63) is 12.3 Å². The van der Waals surface area contributed by atoms with Gasteiger partial charge in [0.25, 0.3) is 0 Å². The molecule has 0 saturated heterocycles. The molecule has 0 aromatic heterocycles. The van der Waals surface area contributed by atoms with Crippen molar-refractivity contribution >= 4 is 11.7 Å². The molecule has 0 fully saturated rings. The first-order valence-electron chi connectivity index (χ1n) is 2.79. The second-order valence-corrected chi connectivity index (χ2v) is 1.90. The second kappa shape index (κ2) is 2.44. The largest absolute Gasteiger partial charge is 0.344 e. The summed E-state index contributed by atoms with van der Waals surface area (Å²) >= 11 is 0. The average molecular weight is 124 g/mol. The van der Waals surface area contributed by atoms with Gasteiger partial charge in [0.05, 0.1) is 0 Å². The van der Waals surface area contributed by atoms with Crippen LogP contribution in [0.5, 0.6) is 0 Å². The Labute approximate surface area is 53.5 Å². The highest BCUT2D eigenvalue weighted by Gasteiger charge is 1.98. The minimum atomic E-state index is -0.277. The molecule has 3 heteroatoms. The number of amides is 2. The standard InChI is InChI=1S/C6H8N2O/c1-5-3-2-4-7-6(9)8-5/h2,4H,3H2,1H3,(H,7,9). The van der Waals surface area contributed by atoms with E-state index in [0.29, 0.717) is 0 Å². The highest BCUT2D eigenvalue weighted by molar-refractivity contribution is 5.95. The summed E-state index contributed by atoms with van der Waals surface area (Å²) in [5.74, 6) is 0. The Morgan fingerprint density at radius 2 is 2.56 bits per heavy atom. The Hall–Kier alpha value is -1.12. The molecule has 0 atom stereocenters. The zero-order valence-electron chi connectivity index (χ0n) is 5.22. The molecular weight excluding hydrogens is 116 g/mol. The van der Waals surface area contributed by atoms with Gasteiger partial charge in [0.2, 0.25) is 0 Å². The number of urea groups is 1. The summed E-state index contributed by atoms with van der Waals surface area (Å²) in [6.07, 6.45) is 4.24. The number of aliphatic imine (C=N–C) groups is 1. The van der Waals surface area contributed by atoms with Crippen LogP contribution in [0.25, 0.3) is 0 Å². The molecule has 0 aromatic carbocycles. The van der Waals surface area contributed by atoms with E-state index < -0.39 is 0 Å². The Morgan fingerprint density at radius 3 is 3.33 bits per heavy atom. The van der Waals surface area contributed by atoms with Crippen LogP contribution in [0.2, 0.25) is 0 Å². The minimum Gasteiger partial charge on any atom is -0.313 e. The van der Waals surface area contributed by atoms with Gasteiger partial charge in [0, 0.05) is 18.3 Å². The number of carbonyl (C=O) groups is 1. The fourth-order valence-corrected chi connectivity index (χ4v) is 0.611. The van der Waals surface area contributed by atoms with E-state index in [1.807, 2.05) is 13.0 Å². The number of nitrogens with one attached hydrogen (secondary N) is 1. The molecule has 0 saturated carbocycles. The average Bonchev–Trinajstić information content (AvgIpc) is 1.93. The third kappa shape index (κ3) is 1.68. The van der Waals surface area contributed by atoms with Gasteiger partial charge in [-0.15, -0.1) is 0 Å². The molecule has 0 radical (unpaired) electrons. The summed E-state index contributed by atoms with van der Waals surface area (Å²) in [6, 6.07) is -0.277. The topological polar surface area (TPSA) is 41.5 Å². The molecule has 3 nitrogen and oxygen atoms in total. The van der Waals surface area contributed by atoms with Crippen LogP contribution in [0.3, 0.4) is 0 Å². The van der Waals surface area contributed by atoms with E-state index in [2.05, 4.69) is 10.3 Å². The molecule has 1 aliphatic rings. The van der Waals surface area contributed by atoms with Gasteiger partial charge in [-0.3, -0.25) is 0 Å². The fourth-order valence-electron chi connectivity index (χ4n) is 0.611. The first kappa shape index (κ1) is 6.01. The molecule has 9 heavy (non-hydrogen) atoms. The SMILES string of the molecule is CC1=NC(=O)NC=CC1. The van der Waals surface area contributed by atoms with Crippen molar-refractivity contribution in [1.82, 2.24) is 5.32 Å². The van der Waals surface area contributed by atoms with E-state index in [-0.39, 0.29) is 6.03 Å². The smallest absolute Gasteiger partial charge is 0.313 e. The summed E-state index contributed by atoms with van der Waals surface area (Å²) in [5, 5.41) is 2.47. The number of hydrogen-bond donors (Lipinski definition) is 1. The van der Waals surface area contributed by atoms with Crippen molar-refractivity contribution in [2.45, 2.75) is 13.3 Å². The highest BCUT2D eigenvalue weighted by atomic mass is 16.2. The van der Waals surface area contributed by atoms with Gasteiger partial charge in [0.1, 0.15) is 0 Å². The summed E-state index contributed by atoms with van der Waals surface area (Å²) in [7, 11) is 0. The van der Waals surface area contributed by atoms with E-state index in [9.17, 15) is 4.79 Å². The summed E-state index contributed by atoms with van der Waals surface area (Å²) in [5.41, 5.74) is 0.848. The predicted molar refractivity (Wildman–Crippen MR) is 35.4 cm³/mol. The van der Waals surface area contributed by atoms with Crippen LogP contribution in [0.4, 0.5) is 4.79 Å². The Balaban J connectivity index is 2.73. The molecule has 2 amide bonds. The molecule has 1 rings (SSSR count). The normalized spacial score (nSPS) is 18.3. The van der Waals surface area contributed by atoms with E-state index in [0.717, 1.165) is 12.1 Å². The van der Waals surface area contributed by atoms with Crippen molar-refractivity contribution < 1.29 is 4.79 Å². The third-order valence-electron chi connectivity index (χ3n) is 1.03. The zero-order chi connectivity index (χ0) is 6.69. The van der Waals surface area contributed by atoms with Crippen LogP contribution >= 0.6 is 0 Å². The lowest BCUT2D eigenvalue weighted by atomic mass is 10.3. The van der Waals surface area contributed by atoms with E-state index >= 15 is 0 Å². The van der Waals surface area contributed by atoms with Crippen LogP contribution in [0.15, 0.2) is 17.3 Å². The van der Waals surface area contributed by atoms with Crippen LogP contribution < -0.4 is 5.32 Å². The first-order valence-corrected chi connectivity index (χ1v) is 2.79. The molecule has 1 aliphatic heterocycles. The van der Waals surface area contributed by atoms with Gasteiger partial charge in [-0.05, 0) is 6.92 Å². The molecular formula is C6H8N2O. The maximum Gasteiger partial charge on any atom is 0.344 e. The molecule has 0 spiro atoms. The molecule has 1 N–H and O–H groups in total. The Kier molecular flexibility index (Phi) is 1.63. The van der Waals surface area contributed by atoms with Gasteiger partial charge < -0.3 is 5.32 Å². The van der Waals surface area contributed by atoms with Crippen molar-refractivity contribution in [3.63, 3.8) is 0 Å². The monoisotopic (exact) mass is 124 g/mol. The number of rotatable bonds is 0. The van der Waals surface area contributed by atoms with E-state index in [1.165, 1.54) is 0 Å². The zero-order valence-corrected chi connectivity index (χ0v) is 5.22. The Bertz CT molecular complexity index is 181. The maximum atomic E-state index is 10.5. The summed E-state index contributed by atoms with van der Waals surface area (Å²) in [4.78, 5) is 14.2. The molecule has 0 bridgehead atoms. The predicted octanol–water partition coefficient (Wildman–Crippen LogP) is 1.07. The van der Waals surface area contributed by atoms with Crippen molar-refractivity contribution in [1.29, 1.82) is 0 Å². The van der Waals surface area contributed by atoms with Gasteiger partial charge in [-0.25, -0.2) is 9.79 Å². The lowest BCUT2D eigenvalue weighted by Gasteiger charge is -1.88. The first-order chi connectivity index (χ1) is 4.29. The lowest BCUT2D eigenvalue weighted by molar-refractivity contribution is 0.252. The molecule has 0 aromatic rings. The lowest BCUT2D eigenvalue weighted by Crippen LogP contribution is -2.10. The van der Waals surface area contributed by atoms with Gasteiger partial charge in [0.15, 0.2) is 0 Å². The van der Waals surface area contributed by atoms with Crippen LogP contribution in [0.1, 0.15) is 13.3 Å². The number of allylic oxidation sites excluding steroid dienone is 1. The number of hydrogen-bond acceptors (Lipinski definition) is 1. The Morgan fingerprint density at radius 1 is 1.78 bits per heavy atom. The van der Waals surface area contributed by atoms with Gasteiger partial charge in [-0.1, -0.05) is 6.08 Å². The maximum absolute atomic E-state index is 10.5. The van der Waals surface area contributed by atoms with Crippen LogP contribution in [0, 0.1) is 0 Å². The summed E-state index contributed by atoms with van der Waals surface area (Å²) < 4.78 is 0. The molecule has 0 unspecified atom stereocenters. The quantitative estimate of drug-likeness (QED) is 0.515. The highest BCUT2D eigenvalue weighted by Crippen LogP contribution is 1.92. The number of nitrogens with zero attached hydrogens (tertiary/aromatic N) is 1. The van der Waals surface area contributed by atoms with Crippen molar-refractivity contribution in [3.8, 4) is 0 Å². The van der Waals surface area contributed by atoms with Crippen LogP contribution in [-0.4, -0.2) is 11.7 Å². The van der Waals surface area contributed by atoms with Crippen molar-refractivity contribution in [2.24, 2.45) is 4.99 Å². The van der Waals surface area contributed by atoms with Crippen molar-refractivity contribution in [2.75, 3.05) is 0 Å². The van der Waals surface area contributed by atoms with Gasteiger partial charge in [-0.2, -0.15) is 0 Å². The van der Waals surface area contributed by atoms with Crippen LogP contribution in [-0.2, 0) is 0 Å². The second-order valence-electron chi connectivity index (χ2n) is 1.90. The summed E-state index contributed by atoms with van der Waals surface area (Å²) in [6.45, 7) is 1.83. The van der Waals surface area contributed by atoms with Gasteiger partial charge >= 0.3 is 6.03 Å². The fraction of sp³-hybridized carbons (Fsp3) is 0.333. The number of carbonyl (C=O) groups excluding carboxylic acids is 1. The molecule has 1 heterocycles.